The van der Waals surface area contributed by atoms with E-state index in [-0.39, 0.29) is 13.1 Å². The molecule has 0 radical (unpaired) electrons. The number of amides is 2. The van der Waals surface area contributed by atoms with Crippen molar-refractivity contribution in [3.05, 3.63) is 0 Å². The number of aliphatic hydroxyl groups excluding tert-OH is 4. The highest BCUT2D eigenvalue weighted by atomic mass is 16.3. The molecule has 0 aliphatic heterocycles. The van der Waals surface area contributed by atoms with Crippen molar-refractivity contribution < 1.29 is 25.2 Å². The van der Waals surface area contributed by atoms with Crippen molar-refractivity contribution in [2.24, 2.45) is 0 Å². The second-order valence-corrected chi connectivity index (χ2v) is 2.76. The van der Waals surface area contributed by atoms with Crippen molar-refractivity contribution in [3.63, 3.8) is 0 Å². The van der Waals surface area contributed by atoms with Gasteiger partial charge in [0.1, 0.15) is 0 Å². The number of hydrogen-bond acceptors (Lipinski definition) is 5. The van der Waals surface area contributed by atoms with Crippen LogP contribution in [0, 0.1) is 0 Å². The summed E-state index contributed by atoms with van der Waals surface area (Å²) in [6, 6.07) is -0.579. The van der Waals surface area contributed by atoms with Gasteiger partial charge in [-0.2, -0.15) is 0 Å². The molecule has 2 atom stereocenters. The van der Waals surface area contributed by atoms with E-state index in [1.807, 2.05) is 0 Å². The monoisotopic (exact) mass is 208 g/mol. The third-order valence-corrected chi connectivity index (χ3v) is 1.42. The summed E-state index contributed by atoms with van der Waals surface area (Å²) >= 11 is 0. The summed E-state index contributed by atoms with van der Waals surface area (Å²) in [4.78, 5) is 10.9. The lowest BCUT2D eigenvalue weighted by atomic mass is 10.4. The number of hydrogen-bond donors (Lipinski definition) is 6. The van der Waals surface area contributed by atoms with Gasteiger partial charge in [-0.3, -0.25) is 0 Å². The van der Waals surface area contributed by atoms with E-state index in [9.17, 15) is 4.79 Å². The number of nitrogens with one attached hydrogen (secondary N) is 2. The van der Waals surface area contributed by atoms with E-state index in [0.29, 0.717) is 0 Å². The van der Waals surface area contributed by atoms with Crippen LogP contribution in [0.2, 0.25) is 0 Å². The fourth-order valence-electron chi connectivity index (χ4n) is 0.613. The van der Waals surface area contributed by atoms with Gasteiger partial charge >= 0.3 is 6.03 Å². The molecule has 14 heavy (non-hydrogen) atoms. The Morgan fingerprint density at radius 3 is 1.64 bits per heavy atom. The van der Waals surface area contributed by atoms with E-state index in [0.717, 1.165) is 0 Å². The van der Waals surface area contributed by atoms with Gasteiger partial charge in [0.15, 0.2) is 0 Å². The van der Waals surface area contributed by atoms with Crippen molar-refractivity contribution in [2.75, 3.05) is 26.3 Å². The average molecular weight is 208 g/mol. The first-order valence-corrected chi connectivity index (χ1v) is 4.19. The Balaban J connectivity index is 3.46. The average Bonchev–Trinajstić information content (AvgIpc) is 2.22. The molecular weight excluding hydrogens is 192 g/mol. The molecule has 0 saturated carbocycles. The number of urea groups is 1. The van der Waals surface area contributed by atoms with Gasteiger partial charge in [0, 0.05) is 13.1 Å². The minimum absolute atomic E-state index is 0.0719. The second kappa shape index (κ2) is 7.51. The highest BCUT2D eigenvalue weighted by Crippen LogP contribution is 1.79. The van der Waals surface area contributed by atoms with Crippen LogP contribution >= 0.6 is 0 Å². The van der Waals surface area contributed by atoms with Gasteiger partial charge in [0.25, 0.3) is 0 Å². The van der Waals surface area contributed by atoms with Crippen LogP contribution in [-0.2, 0) is 0 Å². The molecule has 0 heterocycles. The first-order valence-electron chi connectivity index (χ1n) is 4.19. The van der Waals surface area contributed by atoms with Crippen LogP contribution in [0.5, 0.6) is 0 Å². The lowest BCUT2D eigenvalue weighted by molar-refractivity contribution is 0.0913. The van der Waals surface area contributed by atoms with E-state index in [2.05, 4.69) is 10.6 Å². The summed E-state index contributed by atoms with van der Waals surface area (Å²) in [5.41, 5.74) is 0. The minimum Gasteiger partial charge on any atom is -0.394 e. The molecule has 0 aromatic rings. The largest absolute Gasteiger partial charge is 0.394 e. The molecule has 2 amide bonds. The standard InChI is InChI=1S/C7H16N2O5/c10-3-5(12)1-8-7(14)9-2-6(13)4-11/h5-6,10-13H,1-4H2,(H2,8,9,14). The van der Waals surface area contributed by atoms with Gasteiger partial charge < -0.3 is 31.1 Å². The van der Waals surface area contributed by atoms with Gasteiger partial charge in [-0.25, -0.2) is 4.79 Å². The van der Waals surface area contributed by atoms with Crippen molar-refractivity contribution in [2.45, 2.75) is 12.2 Å². The Kier molecular flexibility index (Phi) is 7.03. The fraction of sp³-hybridized carbons (Fsp3) is 0.857. The maximum Gasteiger partial charge on any atom is 0.314 e. The van der Waals surface area contributed by atoms with E-state index in [4.69, 9.17) is 20.4 Å². The zero-order valence-corrected chi connectivity index (χ0v) is 7.68. The number of carbonyl (C=O) groups is 1. The van der Waals surface area contributed by atoms with Crippen LogP contribution in [0.1, 0.15) is 0 Å². The lowest BCUT2D eigenvalue weighted by Gasteiger charge is -2.11. The molecule has 2 unspecified atom stereocenters. The van der Waals surface area contributed by atoms with Crippen LogP contribution in [-0.4, -0.2) is 65.0 Å². The molecule has 0 saturated heterocycles. The fourth-order valence-corrected chi connectivity index (χ4v) is 0.613. The van der Waals surface area contributed by atoms with Crippen molar-refractivity contribution in [1.29, 1.82) is 0 Å². The highest BCUT2D eigenvalue weighted by molar-refractivity contribution is 5.73. The lowest BCUT2D eigenvalue weighted by Crippen LogP contribution is -2.43. The molecule has 0 aliphatic rings. The van der Waals surface area contributed by atoms with Gasteiger partial charge in [0.2, 0.25) is 0 Å². The molecule has 0 aromatic carbocycles. The smallest absolute Gasteiger partial charge is 0.314 e. The number of aliphatic hydroxyl groups is 4. The Bertz CT molecular complexity index is 150. The molecule has 0 aromatic heterocycles. The highest BCUT2D eigenvalue weighted by Gasteiger charge is 2.07. The van der Waals surface area contributed by atoms with Crippen LogP contribution in [0.3, 0.4) is 0 Å². The Hall–Kier alpha value is -0.890. The second-order valence-electron chi connectivity index (χ2n) is 2.76. The normalized spacial score (nSPS) is 14.6. The van der Waals surface area contributed by atoms with Crippen LogP contribution in [0.25, 0.3) is 0 Å². The summed E-state index contributed by atoms with van der Waals surface area (Å²) in [5.74, 6) is 0. The van der Waals surface area contributed by atoms with E-state index in [1.54, 1.807) is 0 Å². The number of rotatable bonds is 6. The molecule has 6 N–H and O–H groups in total. The molecular formula is C7H16N2O5. The van der Waals surface area contributed by atoms with Crippen molar-refractivity contribution >= 4 is 6.03 Å². The van der Waals surface area contributed by atoms with Gasteiger partial charge in [-0.15, -0.1) is 0 Å². The Labute approximate surface area is 81.4 Å². The predicted octanol–water partition coefficient (Wildman–Crippen LogP) is -3.01. The molecule has 0 fully saturated rings. The SMILES string of the molecule is O=C(NCC(O)CO)NCC(O)CO. The summed E-state index contributed by atoms with van der Waals surface area (Å²) in [6.07, 6.45) is -1.99. The van der Waals surface area contributed by atoms with Gasteiger partial charge in [-0.1, -0.05) is 0 Å². The maximum absolute atomic E-state index is 10.9. The minimum atomic E-state index is -0.997. The van der Waals surface area contributed by atoms with E-state index >= 15 is 0 Å². The Morgan fingerprint density at radius 2 is 1.36 bits per heavy atom. The van der Waals surface area contributed by atoms with Crippen LogP contribution < -0.4 is 10.6 Å². The summed E-state index contributed by atoms with van der Waals surface area (Å²) in [7, 11) is 0. The summed E-state index contributed by atoms with van der Waals surface area (Å²) in [5, 5.41) is 39.0. The quantitative estimate of drug-likeness (QED) is 0.277. The Morgan fingerprint density at radius 1 is 1.00 bits per heavy atom. The third-order valence-electron chi connectivity index (χ3n) is 1.42. The van der Waals surface area contributed by atoms with Gasteiger partial charge in [0.05, 0.1) is 25.4 Å². The van der Waals surface area contributed by atoms with Crippen molar-refractivity contribution in [3.8, 4) is 0 Å². The first-order chi connectivity index (χ1) is 6.60. The molecule has 0 aliphatic carbocycles. The van der Waals surface area contributed by atoms with E-state index < -0.39 is 31.5 Å². The van der Waals surface area contributed by atoms with Gasteiger partial charge in [-0.05, 0) is 0 Å². The zero-order valence-electron chi connectivity index (χ0n) is 7.68. The van der Waals surface area contributed by atoms with Crippen LogP contribution in [0.15, 0.2) is 0 Å². The molecule has 0 rings (SSSR count). The summed E-state index contributed by atoms with van der Waals surface area (Å²) in [6.45, 7) is -1.01. The van der Waals surface area contributed by atoms with Crippen molar-refractivity contribution in [1.82, 2.24) is 10.6 Å². The number of carbonyl (C=O) groups excluding carboxylic acids is 1. The van der Waals surface area contributed by atoms with Crippen LogP contribution in [0.4, 0.5) is 4.79 Å². The molecule has 7 nitrogen and oxygen atoms in total. The molecule has 0 bridgehead atoms. The predicted molar refractivity (Wildman–Crippen MR) is 47.6 cm³/mol. The molecule has 7 heteroatoms. The topological polar surface area (TPSA) is 122 Å². The summed E-state index contributed by atoms with van der Waals surface area (Å²) < 4.78 is 0. The molecule has 84 valence electrons. The maximum atomic E-state index is 10.9. The van der Waals surface area contributed by atoms with E-state index in [1.165, 1.54) is 0 Å². The third kappa shape index (κ3) is 6.61. The molecule has 0 spiro atoms. The first kappa shape index (κ1) is 13.1. The zero-order chi connectivity index (χ0) is 11.0.